The van der Waals surface area contributed by atoms with E-state index in [0.29, 0.717) is 11.7 Å². The molecular formula is C19H22FN3O3S. The van der Waals surface area contributed by atoms with Gasteiger partial charge >= 0.3 is 0 Å². The monoisotopic (exact) mass is 391 g/mol. The highest BCUT2D eigenvalue weighted by atomic mass is 32.1. The van der Waals surface area contributed by atoms with Crippen molar-refractivity contribution in [2.75, 3.05) is 25.0 Å². The first-order valence-corrected chi connectivity index (χ1v) is 9.65. The van der Waals surface area contributed by atoms with Crippen molar-refractivity contribution in [3.05, 3.63) is 46.2 Å². The highest BCUT2D eigenvalue weighted by Gasteiger charge is 2.26. The SMILES string of the molecule is Cc1nc(NC(=O)CN(C[C@H]2CCCO2)C(=O)c2ccccc2F)sc1C. The minimum Gasteiger partial charge on any atom is -0.376 e. The minimum absolute atomic E-state index is 0.0516. The second-order valence-corrected chi connectivity index (χ2v) is 7.71. The van der Waals surface area contributed by atoms with Gasteiger partial charge in [-0.15, -0.1) is 11.3 Å². The number of nitrogens with one attached hydrogen (secondary N) is 1. The molecule has 6 nitrogen and oxygen atoms in total. The number of thiazole rings is 1. The van der Waals surface area contributed by atoms with E-state index in [1.54, 1.807) is 6.07 Å². The van der Waals surface area contributed by atoms with Crippen molar-refractivity contribution >= 4 is 28.3 Å². The molecule has 2 heterocycles. The van der Waals surface area contributed by atoms with E-state index >= 15 is 0 Å². The molecule has 1 aliphatic rings. The fourth-order valence-corrected chi connectivity index (χ4v) is 3.75. The Morgan fingerprint density at radius 1 is 1.37 bits per heavy atom. The molecule has 1 aliphatic heterocycles. The van der Waals surface area contributed by atoms with Gasteiger partial charge in [0, 0.05) is 18.0 Å². The number of hydrogen-bond acceptors (Lipinski definition) is 5. The van der Waals surface area contributed by atoms with Crippen LogP contribution in [0.2, 0.25) is 0 Å². The van der Waals surface area contributed by atoms with Gasteiger partial charge < -0.3 is 15.0 Å². The fourth-order valence-electron chi connectivity index (χ4n) is 2.92. The molecule has 2 amide bonds. The number of amides is 2. The van der Waals surface area contributed by atoms with Crippen molar-refractivity contribution in [2.24, 2.45) is 0 Å². The van der Waals surface area contributed by atoms with Gasteiger partial charge in [-0.2, -0.15) is 0 Å². The normalized spacial score (nSPS) is 16.3. The number of benzene rings is 1. The number of aryl methyl sites for hydroxylation is 2. The van der Waals surface area contributed by atoms with Gasteiger partial charge in [-0.3, -0.25) is 9.59 Å². The maximum atomic E-state index is 14.1. The molecule has 0 spiro atoms. The third-order valence-corrected chi connectivity index (χ3v) is 5.44. The van der Waals surface area contributed by atoms with Crippen molar-refractivity contribution in [3.63, 3.8) is 0 Å². The van der Waals surface area contributed by atoms with Gasteiger partial charge in [0.1, 0.15) is 12.4 Å². The van der Waals surface area contributed by atoms with Crippen LogP contribution in [0, 0.1) is 19.7 Å². The van der Waals surface area contributed by atoms with Gasteiger partial charge in [-0.05, 0) is 38.8 Å². The first-order valence-electron chi connectivity index (χ1n) is 8.83. The van der Waals surface area contributed by atoms with Gasteiger partial charge in [-0.25, -0.2) is 9.37 Å². The molecule has 1 fully saturated rings. The number of carbonyl (C=O) groups excluding carboxylic acids is 2. The maximum absolute atomic E-state index is 14.1. The van der Waals surface area contributed by atoms with Crippen molar-refractivity contribution in [2.45, 2.75) is 32.8 Å². The standard InChI is InChI=1S/C19H22FN3O3S/c1-12-13(2)27-19(21-12)22-17(24)11-23(10-14-6-5-9-26-14)18(25)15-7-3-4-8-16(15)20/h3-4,7-8,14H,5-6,9-11H2,1-2H3,(H,21,22,24)/t14-/m1/s1. The van der Waals surface area contributed by atoms with Crippen LogP contribution in [0.5, 0.6) is 0 Å². The van der Waals surface area contributed by atoms with Crippen LogP contribution in [-0.4, -0.2) is 47.5 Å². The van der Waals surface area contributed by atoms with Gasteiger partial charge in [0.25, 0.3) is 5.91 Å². The second-order valence-electron chi connectivity index (χ2n) is 6.51. The molecule has 2 aromatic rings. The molecule has 8 heteroatoms. The summed E-state index contributed by atoms with van der Waals surface area (Å²) in [7, 11) is 0. The number of anilines is 1. The number of rotatable bonds is 6. The number of ether oxygens (including phenoxy) is 1. The van der Waals surface area contributed by atoms with Gasteiger partial charge in [0.05, 0.1) is 17.4 Å². The Bertz CT molecular complexity index is 814. The molecule has 27 heavy (non-hydrogen) atoms. The van der Waals surface area contributed by atoms with Crippen LogP contribution < -0.4 is 5.32 Å². The topological polar surface area (TPSA) is 71.5 Å². The third-order valence-electron chi connectivity index (χ3n) is 4.45. The predicted octanol–water partition coefficient (Wildman–Crippen LogP) is 3.16. The summed E-state index contributed by atoms with van der Waals surface area (Å²) >= 11 is 1.38. The van der Waals surface area contributed by atoms with E-state index in [1.165, 1.54) is 34.4 Å². The first kappa shape index (κ1) is 19.4. The van der Waals surface area contributed by atoms with Gasteiger partial charge in [-0.1, -0.05) is 12.1 Å². The lowest BCUT2D eigenvalue weighted by Crippen LogP contribution is -2.42. The van der Waals surface area contributed by atoms with E-state index in [1.807, 2.05) is 13.8 Å². The largest absolute Gasteiger partial charge is 0.376 e. The van der Waals surface area contributed by atoms with Crippen LogP contribution in [0.15, 0.2) is 24.3 Å². The summed E-state index contributed by atoms with van der Waals surface area (Å²) in [6.07, 6.45) is 1.59. The molecule has 1 atom stereocenters. The number of carbonyl (C=O) groups is 2. The van der Waals surface area contributed by atoms with E-state index in [-0.39, 0.29) is 30.7 Å². The van der Waals surface area contributed by atoms with Crippen molar-refractivity contribution in [3.8, 4) is 0 Å². The summed E-state index contributed by atoms with van der Waals surface area (Å²) in [5, 5.41) is 3.21. The zero-order chi connectivity index (χ0) is 19.4. The Morgan fingerprint density at radius 3 is 2.78 bits per heavy atom. The Balaban J connectivity index is 1.73. The molecule has 0 radical (unpaired) electrons. The Kier molecular flexibility index (Phi) is 6.18. The molecule has 0 unspecified atom stereocenters. The fraction of sp³-hybridized carbons (Fsp3) is 0.421. The number of nitrogens with zero attached hydrogens (tertiary/aromatic N) is 2. The molecule has 0 bridgehead atoms. The lowest BCUT2D eigenvalue weighted by Gasteiger charge is -2.25. The van der Waals surface area contributed by atoms with Gasteiger partial charge in [0.15, 0.2) is 5.13 Å². The number of hydrogen-bond donors (Lipinski definition) is 1. The van der Waals surface area contributed by atoms with Crippen molar-refractivity contribution in [1.29, 1.82) is 0 Å². The third kappa shape index (κ3) is 4.90. The molecule has 1 aromatic carbocycles. The summed E-state index contributed by atoms with van der Waals surface area (Å²) in [5.74, 6) is -1.50. The van der Waals surface area contributed by atoms with Crippen LogP contribution in [0.1, 0.15) is 33.8 Å². The second kappa shape index (κ2) is 8.58. The lowest BCUT2D eigenvalue weighted by molar-refractivity contribution is -0.117. The van der Waals surface area contributed by atoms with E-state index in [2.05, 4.69) is 10.3 Å². The van der Waals surface area contributed by atoms with Crippen LogP contribution in [-0.2, 0) is 9.53 Å². The smallest absolute Gasteiger partial charge is 0.257 e. The molecule has 1 N–H and O–H groups in total. The minimum atomic E-state index is -0.605. The quantitative estimate of drug-likeness (QED) is 0.821. The van der Waals surface area contributed by atoms with Crippen LogP contribution in [0.25, 0.3) is 0 Å². The molecular weight excluding hydrogens is 369 g/mol. The number of halogens is 1. The molecule has 0 saturated carbocycles. The van der Waals surface area contributed by atoms with Crippen molar-refractivity contribution < 1.29 is 18.7 Å². The average Bonchev–Trinajstić information content (AvgIpc) is 3.24. The highest BCUT2D eigenvalue weighted by Crippen LogP contribution is 2.21. The van der Waals surface area contributed by atoms with E-state index < -0.39 is 11.7 Å². The zero-order valence-electron chi connectivity index (χ0n) is 15.3. The molecule has 1 aromatic heterocycles. The van der Waals surface area contributed by atoms with Crippen LogP contribution in [0.3, 0.4) is 0 Å². The zero-order valence-corrected chi connectivity index (χ0v) is 16.1. The molecule has 1 saturated heterocycles. The highest BCUT2D eigenvalue weighted by molar-refractivity contribution is 7.15. The Morgan fingerprint density at radius 2 is 2.15 bits per heavy atom. The Labute approximate surface area is 161 Å². The maximum Gasteiger partial charge on any atom is 0.257 e. The summed E-state index contributed by atoms with van der Waals surface area (Å²) in [6, 6.07) is 5.78. The predicted molar refractivity (Wildman–Crippen MR) is 101 cm³/mol. The average molecular weight is 391 g/mol. The molecule has 0 aliphatic carbocycles. The first-order chi connectivity index (χ1) is 12.9. The van der Waals surface area contributed by atoms with Crippen molar-refractivity contribution in [1.82, 2.24) is 9.88 Å². The molecule has 3 rings (SSSR count). The van der Waals surface area contributed by atoms with Crippen LogP contribution in [0.4, 0.5) is 9.52 Å². The summed E-state index contributed by atoms with van der Waals surface area (Å²) in [6.45, 7) is 4.48. The van der Waals surface area contributed by atoms with E-state index in [9.17, 15) is 14.0 Å². The summed E-state index contributed by atoms with van der Waals surface area (Å²) < 4.78 is 19.6. The van der Waals surface area contributed by atoms with Gasteiger partial charge in [0.2, 0.25) is 5.91 Å². The summed E-state index contributed by atoms with van der Waals surface area (Å²) in [4.78, 5) is 31.9. The van der Waals surface area contributed by atoms with E-state index in [4.69, 9.17) is 4.74 Å². The number of aromatic nitrogens is 1. The molecule has 144 valence electrons. The lowest BCUT2D eigenvalue weighted by atomic mass is 10.1. The van der Waals surface area contributed by atoms with E-state index in [0.717, 1.165) is 23.4 Å². The summed E-state index contributed by atoms with van der Waals surface area (Å²) in [5.41, 5.74) is 0.804. The van der Waals surface area contributed by atoms with Crippen LogP contribution >= 0.6 is 11.3 Å². The Hall–Kier alpha value is -2.32.